The number of carboxylic acid groups (broad SMARTS) is 1. The number of carbonyl (C=O) groups excluding carboxylic acids is 1. The zero-order valence-corrected chi connectivity index (χ0v) is 11.6. The first-order chi connectivity index (χ1) is 8.81. The Hall–Kier alpha value is -1.56. The van der Waals surface area contributed by atoms with Crippen LogP contribution in [0.3, 0.4) is 0 Å². The minimum Gasteiger partial charge on any atom is -0.481 e. The van der Waals surface area contributed by atoms with Gasteiger partial charge in [0.15, 0.2) is 0 Å². The van der Waals surface area contributed by atoms with Gasteiger partial charge in [-0.25, -0.2) is 4.39 Å². The van der Waals surface area contributed by atoms with Gasteiger partial charge in [-0.15, -0.1) is 11.8 Å². The van der Waals surface area contributed by atoms with E-state index in [1.807, 2.05) is 0 Å². The first-order valence-electron chi connectivity index (χ1n) is 5.70. The van der Waals surface area contributed by atoms with Gasteiger partial charge in [-0.3, -0.25) is 9.59 Å². The maximum Gasteiger partial charge on any atom is 0.310 e. The van der Waals surface area contributed by atoms with Gasteiger partial charge in [-0.05, 0) is 38.1 Å². The second-order valence-corrected chi connectivity index (χ2v) is 5.76. The van der Waals surface area contributed by atoms with Crippen LogP contribution in [-0.4, -0.2) is 29.3 Å². The standard InChI is InChI=1S/C13H16FNO3S/c1-13(2,12(17)18)8-15-11(16)7-19-10-5-3-9(14)4-6-10/h3-6H,7-8H2,1-2H3,(H,15,16)(H,17,18). The van der Waals surface area contributed by atoms with E-state index in [9.17, 15) is 14.0 Å². The maximum atomic E-state index is 12.7. The zero-order chi connectivity index (χ0) is 14.5. The molecule has 1 amide bonds. The molecule has 0 spiro atoms. The average molecular weight is 285 g/mol. The van der Waals surface area contributed by atoms with Gasteiger partial charge >= 0.3 is 5.97 Å². The van der Waals surface area contributed by atoms with Gasteiger partial charge in [0, 0.05) is 11.4 Å². The van der Waals surface area contributed by atoms with E-state index in [4.69, 9.17) is 5.11 Å². The van der Waals surface area contributed by atoms with E-state index in [0.29, 0.717) is 0 Å². The Morgan fingerprint density at radius 1 is 1.32 bits per heavy atom. The molecule has 0 aliphatic rings. The van der Waals surface area contributed by atoms with Crippen molar-refractivity contribution in [1.29, 1.82) is 0 Å². The normalized spacial score (nSPS) is 11.1. The van der Waals surface area contributed by atoms with E-state index < -0.39 is 11.4 Å². The fraction of sp³-hybridized carbons (Fsp3) is 0.385. The zero-order valence-electron chi connectivity index (χ0n) is 10.8. The van der Waals surface area contributed by atoms with Crippen LogP contribution in [0.15, 0.2) is 29.2 Å². The van der Waals surface area contributed by atoms with Gasteiger partial charge < -0.3 is 10.4 Å². The molecule has 4 nitrogen and oxygen atoms in total. The van der Waals surface area contributed by atoms with Gasteiger partial charge in [0.05, 0.1) is 11.2 Å². The lowest BCUT2D eigenvalue weighted by atomic mass is 9.94. The molecule has 1 rings (SSSR count). The van der Waals surface area contributed by atoms with E-state index >= 15 is 0 Å². The number of hydrogen-bond acceptors (Lipinski definition) is 3. The first kappa shape index (κ1) is 15.5. The van der Waals surface area contributed by atoms with Crippen molar-refractivity contribution in [2.45, 2.75) is 18.7 Å². The van der Waals surface area contributed by atoms with E-state index in [-0.39, 0.29) is 24.0 Å². The van der Waals surface area contributed by atoms with Gasteiger partial charge in [0.1, 0.15) is 5.82 Å². The Labute approximate surface area is 115 Å². The minimum atomic E-state index is -0.990. The summed E-state index contributed by atoms with van der Waals surface area (Å²) in [6.45, 7) is 3.16. The molecule has 0 saturated carbocycles. The third-order valence-electron chi connectivity index (χ3n) is 2.49. The third kappa shape index (κ3) is 5.30. The molecular weight excluding hydrogens is 269 g/mol. The molecule has 19 heavy (non-hydrogen) atoms. The van der Waals surface area contributed by atoms with Gasteiger partial charge in [0.25, 0.3) is 0 Å². The molecule has 104 valence electrons. The van der Waals surface area contributed by atoms with E-state index in [0.717, 1.165) is 4.90 Å². The molecule has 6 heteroatoms. The fourth-order valence-electron chi connectivity index (χ4n) is 1.13. The smallest absolute Gasteiger partial charge is 0.310 e. The van der Waals surface area contributed by atoms with Crippen LogP contribution in [0.1, 0.15) is 13.8 Å². The predicted octanol–water partition coefficient (Wildman–Crippen LogP) is 2.14. The van der Waals surface area contributed by atoms with Crippen LogP contribution in [0, 0.1) is 11.2 Å². The number of nitrogens with one attached hydrogen (secondary N) is 1. The summed E-state index contributed by atoms with van der Waals surface area (Å²) < 4.78 is 12.7. The van der Waals surface area contributed by atoms with Crippen molar-refractivity contribution >= 4 is 23.6 Å². The highest BCUT2D eigenvalue weighted by Crippen LogP contribution is 2.18. The van der Waals surface area contributed by atoms with Crippen molar-refractivity contribution in [1.82, 2.24) is 5.32 Å². The van der Waals surface area contributed by atoms with Gasteiger partial charge in [-0.2, -0.15) is 0 Å². The van der Waals surface area contributed by atoms with Crippen LogP contribution >= 0.6 is 11.8 Å². The molecule has 0 fully saturated rings. The number of rotatable bonds is 6. The van der Waals surface area contributed by atoms with E-state index in [2.05, 4.69) is 5.32 Å². The number of amides is 1. The van der Waals surface area contributed by atoms with Crippen molar-refractivity contribution in [3.8, 4) is 0 Å². The highest BCUT2D eigenvalue weighted by Gasteiger charge is 2.27. The summed E-state index contributed by atoms with van der Waals surface area (Å²) in [6.07, 6.45) is 0. The quantitative estimate of drug-likeness (QED) is 0.786. The molecule has 0 aliphatic heterocycles. The van der Waals surface area contributed by atoms with Gasteiger partial charge in [0.2, 0.25) is 5.91 Å². The highest BCUT2D eigenvalue weighted by molar-refractivity contribution is 8.00. The lowest BCUT2D eigenvalue weighted by Gasteiger charge is -2.19. The largest absolute Gasteiger partial charge is 0.481 e. The van der Waals surface area contributed by atoms with Crippen LogP contribution in [0.25, 0.3) is 0 Å². The fourth-order valence-corrected chi connectivity index (χ4v) is 1.85. The molecule has 0 saturated heterocycles. The SMILES string of the molecule is CC(C)(CNC(=O)CSc1ccc(F)cc1)C(=O)O. The van der Waals surface area contributed by atoms with Crippen molar-refractivity contribution in [2.75, 3.05) is 12.3 Å². The number of aliphatic carboxylic acids is 1. The summed E-state index contributed by atoms with van der Waals surface area (Å²) in [7, 11) is 0. The highest BCUT2D eigenvalue weighted by atomic mass is 32.2. The molecule has 0 bridgehead atoms. The Bertz CT molecular complexity index is 459. The second-order valence-electron chi connectivity index (χ2n) is 4.71. The number of halogens is 1. The predicted molar refractivity (Wildman–Crippen MR) is 71.6 cm³/mol. The van der Waals surface area contributed by atoms with E-state index in [1.54, 1.807) is 26.0 Å². The summed E-state index contributed by atoms with van der Waals surface area (Å²) in [4.78, 5) is 23.2. The molecule has 0 radical (unpaired) electrons. The van der Waals surface area contributed by atoms with Crippen LogP contribution in [-0.2, 0) is 9.59 Å². The van der Waals surface area contributed by atoms with E-state index in [1.165, 1.54) is 23.9 Å². The number of carbonyl (C=O) groups is 2. The topological polar surface area (TPSA) is 66.4 Å². The molecule has 0 unspecified atom stereocenters. The third-order valence-corrected chi connectivity index (χ3v) is 3.50. The summed E-state index contributed by atoms with van der Waals surface area (Å²) in [6, 6.07) is 5.84. The van der Waals surface area contributed by atoms with Crippen LogP contribution in [0.5, 0.6) is 0 Å². The maximum absolute atomic E-state index is 12.7. The summed E-state index contributed by atoms with van der Waals surface area (Å²) in [5.74, 6) is -1.36. The monoisotopic (exact) mass is 285 g/mol. The van der Waals surface area contributed by atoms with Crippen molar-refractivity contribution in [3.05, 3.63) is 30.1 Å². The Balaban J connectivity index is 2.36. The number of thioether (sulfide) groups is 1. The molecule has 0 aliphatic carbocycles. The van der Waals surface area contributed by atoms with Crippen LogP contribution in [0.2, 0.25) is 0 Å². The Morgan fingerprint density at radius 2 is 1.89 bits per heavy atom. The average Bonchev–Trinajstić information content (AvgIpc) is 2.35. The lowest BCUT2D eigenvalue weighted by Crippen LogP contribution is -2.39. The van der Waals surface area contributed by atoms with Crippen molar-refractivity contribution < 1.29 is 19.1 Å². The first-order valence-corrected chi connectivity index (χ1v) is 6.68. The minimum absolute atomic E-state index is 0.0745. The molecular formula is C13H16FNO3S. The van der Waals surface area contributed by atoms with Crippen LogP contribution < -0.4 is 5.32 Å². The Kier molecular flexibility index (Phi) is 5.35. The summed E-state index contributed by atoms with van der Waals surface area (Å²) >= 11 is 1.27. The van der Waals surface area contributed by atoms with Gasteiger partial charge in [-0.1, -0.05) is 0 Å². The summed E-state index contributed by atoms with van der Waals surface area (Å²) in [5, 5.41) is 11.5. The molecule has 0 atom stereocenters. The van der Waals surface area contributed by atoms with Crippen LogP contribution in [0.4, 0.5) is 4.39 Å². The second kappa shape index (κ2) is 6.56. The molecule has 1 aromatic rings. The molecule has 0 heterocycles. The number of hydrogen-bond donors (Lipinski definition) is 2. The van der Waals surface area contributed by atoms with Crippen molar-refractivity contribution in [3.63, 3.8) is 0 Å². The summed E-state index contributed by atoms with van der Waals surface area (Å²) in [5.41, 5.74) is -0.990. The van der Waals surface area contributed by atoms with Crippen molar-refractivity contribution in [2.24, 2.45) is 5.41 Å². The molecule has 2 N–H and O–H groups in total. The molecule has 1 aromatic carbocycles. The molecule has 0 aromatic heterocycles. The lowest BCUT2D eigenvalue weighted by molar-refractivity contribution is -0.146. The number of carboxylic acids is 1. The number of benzene rings is 1. The Morgan fingerprint density at radius 3 is 2.42 bits per heavy atom.